The van der Waals surface area contributed by atoms with Crippen LogP contribution in [0.25, 0.3) is 0 Å². The van der Waals surface area contributed by atoms with Crippen LogP contribution in [0.5, 0.6) is 0 Å². The van der Waals surface area contributed by atoms with Crippen molar-refractivity contribution in [2.75, 3.05) is 0 Å². The molecule has 0 N–H and O–H groups in total. The first-order chi connectivity index (χ1) is 6.06. The van der Waals surface area contributed by atoms with Crippen molar-refractivity contribution in [1.82, 2.24) is 9.97 Å². The van der Waals surface area contributed by atoms with E-state index in [0.29, 0.717) is 20.6 Å². The van der Waals surface area contributed by atoms with Gasteiger partial charge in [-0.1, -0.05) is 37.0 Å². The van der Waals surface area contributed by atoms with Crippen LogP contribution >= 0.6 is 39.1 Å². The Morgan fingerprint density at radius 1 is 1.31 bits per heavy atom. The van der Waals surface area contributed by atoms with Crippen molar-refractivity contribution in [3.63, 3.8) is 0 Å². The monoisotopic (exact) mass is 282 g/mol. The van der Waals surface area contributed by atoms with Gasteiger partial charge >= 0.3 is 0 Å². The summed E-state index contributed by atoms with van der Waals surface area (Å²) in [6.45, 7) is 4.10. The van der Waals surface area contributed by atoms with Crippen LogP contribution in [-0.2, 0) is 0 Å². The molecule has 1 atom stereocenters. The van der Waals surface area contributed by atoms with E-state index in [-0.39, 0.29) is 5.92 Å². The minimum atomic E-state index is 0.281. The Hall–Kier alpha value is 0.140. The molecule has 0 saturated carbocycles. The summed E-state index contributed by atoms with van der Waals surface area (Å²) >= 11 is 14.9. The van der Waals surface area contributed by atoms with Crippen molar-refractivity contribution in [3.05, 3.63) is 20.6 Å². The highest BCUT2D eigenvalue weighted by Crippen LogP contribution is 2.29. The summed E-state index contributed by atoms with van der Waals surface area (Å²) in [7, 11) is 0. The number of halogens is 3. The second kappa shape index (κ2) is 4.58. The van der Waals surface area contributed by atoms with Gasteiger partial charge in [0.25, 0.3) is 0 Å². The number of hydrogen-bond donors (Lipinski definition) is 0. The highest BCUT2D eigenvalue weighted by Gasteiger charge is 2.12. The average Bonchev–Trinajstić information content (AvgIpc) is 2.12. The minimum absolute atomic E-state index is 0.281. The molecule has 13 heavy (non-hydrogen) atoms. The maximum absolute atomic E-state index is 5.84. The van der Waals surface area contributed by atoms with Crippen molar-refractivity contribution in [2.45, 2.75) is 26.2 Å². The molecular formula is C8H9BrCl2N2. The Morgan fingerprint density at radius 3 is 2.15 bits per heavy atom. The van der Waals surface area contributed by atoms with Crippen molar-refractivity contribution in [3.8, 4) is 0 Å². The zero-order valence-electron chi connectivity index (χ0n) is 7.31. The average molecular weight is 284 g/mol. The van der Waals surface area contributed by atoms with Gasteiger partial charge in [0.15, 0.2) is 0 Å². The zero-order chi connectivity index (χ0) is 10.0. The van der Waals surface area contributed by atoms with Crippen LogP contribution < -0.4 is 0 Å². The van der Waals surface area contributed by atoms with Crippen LogP contribution in [0, 0.1) is 0 Å². The fourth-order valence-electron chi connectivity index (χ4n) is 0.812. The summed E-state index contributed by atoms with van der Waals surface area (Å²) in [6.07, 6.45) is 0.967. The molecule has 0 aliphatic heterocycles. The number of nitrogens with zero attached hydrogens (tertiary/aromatic N) is 2. The lowest BCUT2D eigenvalue weighted by Crippen LogP contribution is -2.00. The Kier molecular flexibility index (Phi) is 3.95. The molecule has 0 bridgehead atoms. The summed E-state index contributed by atoms with van der Waals surface area (Å²) in [4.78, 5) is 8.25. The molecule has 0 radical (unpaired) electrons. The van der Waals surface area contributed by atoms with E-state index >= 15 is 0 Å². The first kappa shape index (κ1) is 11.2. The summed E-state index contributed by atoms with van der Waals surface area (Å²) in [5, 5.41) is 0.741. The summed E-state index contributed by atoms with van der Waals surface area (Å²) < 4.78 is 0.558. The van der Waals surface area contributed by atoms with Gasteiger partial charge in [-0.3, -0.25) is 0 Å². The summed E-state index contributed by atoms with van der Waals surface area (Å²) in [5.74, 6) is 0.976. The lowest BCUT2D eigenvalue weighted by atomic mass is 10.1. The molecule has 0 spiro atoms. The molecule has 0 saturated heterocycles. The van der Waals surface area contributed by atoms with Crippen molar-refractivity contribution < 1.29 is 0 Å². The Labute approximate surface area is 95.8 Å². The molecule has 2 nitrogen and oxygen atoms in total. The van der Waals surface area contributed by atoms with E-state index in [1.54, 1.807) is 0 Å². The minimum Gasteiger partial charge on any atom is -0.220 e. The smallest absolute Gasteiger partial charge is 0.148 e. The molecular weight excluding hydrogens is 275 g/mol. The molecule has 72 valence electrons. The Bertz CT molecular complexity index is 294. The van der Waals surface area contributed by atoms with Gasteiger partial charge in [-0.05, 0) is 22.4 Å². The molecule has 1 heterocycles. The third-order valence-corrected chi connectivity index (χ3v) is 3.60. The van der Waals surface area contributed by atoms with E-state index < -0.39 is 0 Å². The van der Waals surface area contributed by atoms with Gasteiger partial charge < -0.3 is 0 Å². The van der Waals surface area contributed by atoms with Gasteiger partial charge in [0.05, 0.1) is 4.47 Å². The maximum atomic E-state index is 5.84. The standard InChI is InChI=1S/C8H9BrCl2N2/c1-3-4(2)8-12-6(10)5(9)7(11)13-8/h4H,3H2,1-2H3. The van der Waals surface area contributed by atoms with Gasteiger partial charge in [0, 0.05) is 5.92 Å². The van der Waals surface area contributed by atoms with Crippen molar-refractivity contribution in [1.29, 1.82) is 0 Å². The molecule has 5 heteroatoms. The fraction of sp³-hybridized carbons (Fsp3) is 0.500. The summed E-state index contributed by atoms with van der Waals surface area (Å²) in [6, 6.07) is 0. The third-order valence-electron chi connectivity index (χ3n) is 1.84. The molecule has 0 amide bonds. The van der Waals surface area contributed by atoms with E-state index in [1.807, 2.05) is 6.92 Å². The predicted octanol–water partition coefficient (Wildman–Crippen LogP) is 4.06. The number of hydrogen-bond acceptors (Lipinski definition) is 2. The van der Waals surface area contributed by atoms with E-state index in [9.17, 15) is 0 Å². The Morgan fingerprint density at radius 2 is 1.77 bits per heavy atom. The molecule has 1 aromatic rings. The molecule has 0 aliphatic carbocycles. The van der Waals surface area contributed by atoms with Gasteiger partial charge in [-0.25, -0.2) is 9.97 Å². The van der Waals surface area contributed by atoms with Crippen molar-refractivity contribution >= 4 is 39.1 Å². The second-order valence-electron chi connectivity index (χ2n) is 2.79. The molecule has 0 aliphatic rings. The molecule has 1 aromatic heterocycles. The van der Waals surface area contributed by atoms with E-state index in [0.717, 1.165) is 6.42 Å². The highest BCUT2D eigenvalue weighted by atomic mass is 79.9. The maximum Gasteiger partial charge on any atom is 0.148 e. The highest BCUT2D eigenvalue weighted by molar-refractivity contribution is 9.10. The van der Waals surface area contributed by atoms with Crippen LogP contribution in [0.4, 0.5) is 0 Å². The van der Waals surface area contributed by atoms with Crippen LogP contribution in [-0.4, -0.2) is 9.97 Å². The first-order valence-corrected chi connectivity index (χ1v) is 5.49. The van der Waals surface area contributed by atoms with E-state index in [2.05, 4.69) is 32.8 Å². The number of aromatic nitrogens is 2. The quantitative estimate of drug-likeness (QED) is 0.765. The largest absolute Gasteiger partial charge is 0.220 e. The van der Waals surface area contributed by atoms with Crippen LogP contribution in [0.3, 0.4) is 0 Å². The molecule has 0 fully saturated rings. The fourth-order valence-corrected chi connectivity index (χ4v) is 1.39. The van der Waals surface area contributed by atoms with Crippen LogP contribution in [0.15, 0.2) is 4.47 Å². The third kappa shape index (κ3) is 2.55. The van der Waals surface area contributed by atoms with Gasteiger partial charge in [-0.2, -0.15) is 0 Å². The summed E-state index contributed by atoms with van der Waals surface area (Å²) in [5.41, 5.74) is 0. The van der Waals surface area contributed by atoms with E-state index in [4.69, 9.17) is 23.2 Å². The second-order valence-corrected chi connectivity index (χ2v) is 4.30. The predicted molar refractivity (Wildman–Crippen MR) is 58.5 cm³/mol. The number of rotatable bonds is 2. The van der Waals surface area contributed by atoms with Crippen LogP contribution in [0.1, 0.15) is 32.0 Å². The molecule has 0 aromatic carbocycles. The zero-order valence-corrected chi connectivity index (χ0v) is 10.4. The van der Waals surface area contributed by atoms with Gasteiger partial charge in [0.2, 0.25) is 0 Å². The van der Waals surface area contributed by atoms with Gasteiger partial charge in [0.1, 0.15) is 16.1 Å². The topological polar surface area (TPSA) is 25.8 Å². The van der Waals surface area contributed by atoms with Crippen molar-refractivity contribution in [2.24, 2.45) is 0 Å². The lowest BCUT2D eigenvalue weighted by molar-refractivity contribution is 0.677. The normalized spacial score (nSPS) is 13.0. The Balaban J connectivity index is 3.13. The first-order valence-electron chi connectivity index (χ1n) is 3.94. The van der Waals surface area contributed by atoms with Gasteiger partial charge in [-0.15, -0.1) is 0 Å². The SMILES string of the molecule is CCC(C)c1nc(Cl)c(Br)c(Cl)n1. The molecule has 1 unspecified atom stereocenters. The van der Waals surface area contributed by atoms with E-state index in [1.165, 1.54) is 0 Å². The molecule has 1 rings (SSSR count). The van der Waals surface area contributed by atoms with Crippen LogP contribution in [0.2, 0.25) is 10.3 Å². The lowest BCUT2D eigenvalue weighted by Gasteiger charge is -2.08.